The summed E-state index contributed by atoms with van der Waals surface area (Å²) < 4.78 is 10.7. The summed E-state index contributed by atoms with van der Waals surface area (Å²) >= 11 is 0. The van der Waals surface area contributed by atoms with E-state index in [9.17, 15) is 0 Å². The molecule has 2 aromatic rings. The van der Waals surface area contributed by atoms with E-state index in [0.717, 1.165) is 24.3 Å². The Bertz CT molecular complexity index is 581. The first kappa shape index (κ1) is 12.1. The highest BCUT2D eigenvalue weighted by Gasteiger charge is 2.13. The standard InChI is InChI=1S/C16H17NO2/c17-7-6-12-2-1-3-13(8-12)9-14-4-5-15-16(10-14)19-11-18-15/h1-5,8,10H,6-7,9,11,17H2. The van der Waals surface area contributed by atoms with E-state index >= 15 is 0 Å². The Labute approximate surface area is 113 Å². The van der Waals surface area contributed by atoms with Gasteiger partial charge in [-0.3, -0.25) is 0 Å². The number of hydrogen-bond donors (Lipinski definition) is 1. The molecule has 0 spiro atoms. The summed E-state index contributed by atoms with van der Waals surface area (Å²) in [7, 11) is 0. The van der Waals surface area contributed by atoms with E-state index in [1.165, 1.54) is 16.7 Å². The summed E-state index contributed by atoms with van der Waals surface area (Å²) in [5.74, 6) is 1.68. The minimum Gasteiger partial charge on any atom is -0.454 e. The molecule has 0 unspecified atom stereocenters. The van der Waals surface area contributed by atoms with Crippen molar-refractivity contribution in [3.63, 3.8) is 0 Å². The van der Waals surface area contributed by atoms with Crippen molar-refractivity contribution in [2.24, 2.45) is 5.73 Å². The highest BCUT2D eigenvalue weighted by atomic mass is 16.7. The Balaban J connectivity index is 1.79. The van der Waals surface area contributed by atoms with Gasteiger partial charge in [-0.25, -0.2) is 0 Å². The van der Waals surface area contributed by atoms with Gasteiger partial charge in [-0.15, -0.1) is 0 Å². The van der Waals surface area contributed by atoms with E-state index in [1.54, 1.807) is 0 Å². The number of fused-ring (bicyclic) bond motifs is 1. The molecular weight excluding hydrogens is 238 g/mol. The van der Waals surface area contributed by atoms with Crippen LogP contribution in [0.1, 0.15) is 16.7 Å². The van der Waals surface area contributed by atoms with Crippen LogP contribution in [0.5, 0.6) is 11.5 Å². The zero-order valence-electron chi connectivity index (χ0n) is 10.8. The molecule has 0 radical (unpaired) electrons. The Morgan fingerprint density at radius 1 is 0.895 bits per heavy atom. The Hall–Kier alpha value is -2.00. The molecule has 2 aromatic carbocycles. The molecule has 3 nitrogen and oxygen atoms in total. The van der Waals surface area contributed by atoms with E-state index < -0.39 is 0 Å². The fourth-order valence-electron chi connectivity index (χ4n) is 2.35. The van der Waals surface area contributed by atoms with E-state index in [4.69, 9.17) is 15.2 Å². The molecule has 3 heteroatoms. The van der Waals surface area contributed by atoms with Crippen molar-refractivity contribution in [3.05, 3.63) is 59.2 Å². The second kappa shape index (κ2) is 5.33. The van der Waals surface area contributed by atoms with Crippen molar-refractivity contribution in [2.75, 3.05) is 13.3 Å². The Kier molecular flexibility index (Phi) is 3.38. The lowest BCUT2D eigenvalue weighted by Gasteiger charge is -2.06. The van der Waals surface area contributed by atoms with Gasteiger partial charge in [-0.2, -0.15) is 0 Å². The van der Waals surface area contributed by atoms with Crippen LogP contribution < -0.4 is 15.2 Å². The highest BCUT2D eigenvalue weighted by molar-refractivity contribution is 5.45. The molecule has 2 N–H and O–H groups in total. The molecule has 0 bridgehead atoms. The molecule has 0 saturated carbocycles. The van der Waals surface area contributed by atoms with E-state index in [0.29, 0.717) is 13.3 Å². The van der Waals surface area contributed by atoms with Crippen LogP contribution in [-0.4, -0.2) is 13.3 Å². The first-order valence-corrected chi connectivity index (χ1v) is 6.51. The number of ether oxygens (including phenoxy) is 2. The monoisotopic (exact) mass is 255 g/mol. The predicted molar refractivity (Wildman–Crippen MR) is 74.6 cm³/mol. The van der Waals surface area contributed by atoms with Gasteiger partial charge in [-0.1, -0.05) is 30.3 Å². The number of nitrogens with two attached hydrogens (primary N) is 1. The van der Waals surface area contributed by atoms with Gasteiger partial charge in [0.25, 0.3) is 0 Å². The van der Waals surface area contributed by atoms with Crippen molar-refractivity contribution in [2.45, 2.75) is 12.8 Å². The summed E-state index contributed by atoms with van der Waals surface area (Å²) in [6, 6.07) is 14.7. The maximum atomic E-state index is 5.59. The molecule has 1 aliphatic rings. The van der Waals surface area contributed by atoms with Crippen LogP contribution in [-0.2, 0) is 12.8 Å². The second-order valence-electron chi connectivity index (χ2n) is 4.72. The van der Waals surface area contributed by atoms with Crippen molar-refractivity contribution in [1.29, 1.82) is 0 Å². The van der Waals surface area contributed by atoms with Gasteiger partial charge >= 0.3 is 0 Å². The molecule has 0 atom stereocenters. The normalized spacial score (nSPS) is 12.7. The molecule has 1 heterocycles. The topological polar surface area (TPSA) is 44.5 Å². The number of benzene rings is 2. The van der Waals surface area contributed by atoms with Crippen LogP contribution in [0.15, 0.2) is 42.5 Å². The van der Waals surface area contributed by atoms with Crippen LogP contribution in [0.2, 0.25) is 0 Å². The van der Waals surface area contributed by atoms with E-state index in [2.05, 4.69) is 36.4 Å². The van der Waals surface area contributed by atoms with Crippen molar-refractivity contribution >= 4 is 0 Å². The molecule has 0 fully saturated rings. The van der Waals surface area contributed by atoms with Crippen molar-refractivity contribution < 1.29 is 9.47 Å². The first-order chi connectivity index (χ1) is 9.35. The molecule has 0 aliphatic carbocycles. The SMILES string of the molecule is NCCc1cccc(Cc2ccc3c(c2)OCO3)c1. The molecule has 0 amide bonds. The van der Waals surface area contributed by atoms with Crippen molar-refractivity contribution in [3.8, 4) is 11.5 Å². The van der Waals surface area contributed by atoms with Crippen LogP contribution in [0, 0.1) is 0 Å². The smallest absolute Gasteiger partial charge is 0.231 e. The van der Waals surface area contributed by atoms with E-state index in [-0.39, 0.29) is 0 Å². The van der Waals surface area contributed by atoms with Crippen molar-refractivity contribution in [1.82, 2.24) is 0 Å². The van der Waals surface area contributed by atoms with Gasteiger partial charge in [-0.05, 0) is 48.2 Å². The lowest BCUT2D eigenvalue weighted by molar-refractivity contribution is 0.174. The number of rotatable bonds is 4. The molecule has 98 valence electrons. The van der Waals surface area contributed by atoms with Gasteiger partial charge in [0, 0.05) is 0 Å². The zero-order chi connectivity index (χ0) is 13.1. The van der Waals surface area contributed by atoms with Crippen LogP contribution >= 0.6 is 0 Å². The third-order valence-corrected chi connectivity index (χ3v) is 3.27. The third kappa shape index (κ3) is 2.71. The fourth-order valence-corrected chi connectivity index (χ4v) is 2.35. The molecule has 19 heavy (non-hydrogen) atoms. The Morgan fingerprint density at radius 2 is 1.68 bits per heavy atom. The molecule has 0 saturated heterocycles. The molecule has 3 rings (SSSR count). The van der Waals surface area contributed by atoms with Crippen LogP contribution in [0.4, 0.5) is 0 Å². The minimum atomic E-state index is 0.324. The predicted octanol–water partition coefficient (Wildman–Crippen LogP) is 2.51. The third-order valence-electron chi connectivity index (χ3n) is 3.27. The summed E-state index contributed by atoms with van der Waals surface area (Å²) in [5.41, 5.74) is 9.41. The van der Waals surface area contributed by atoms with Gasteiger partial charge in [0.05, 0.1) is 0 Å². The number of hydrogen-bond acceptors (Lipinski definition) is 3. The lowest BCUT2D eigenvalue weighted by Crippen LogP contribution is -2.03. The summed E-state index contributed by atoms with van der Waals surface area (Å²) in [5, 5.41) is 0. The minimum absolute atomic E-state index is 0.324. The van der Waals surface area contributed by atoms with Gasteiger partial charge in [0.2, 0.25) is 6.79 Å². The van der Waals surface area contributed by atoms with Gasteiger partial charge < -0.3 is 15.2 Å². The largest absolute Gasteiger partial charge is 0.454 e. The van der Waals surface area contributed by atoms with Crippen LogP contribution in [0.25, 0.3) is 0 Å². The molecule has 1 aliphatic heterocycles. The zero-order valence-corrected chi connectivity index (χ0v) is 10.8. The summed E-state index contributed by atoms with van der Waals surface area (Å²) in [6.07, 6.45) is 1.82. The summed E-state index contributed by atoms with van der Waals surface area (Å²) in [4.78, 5) is 0. The maximum absolute atomic E-state index is 5.59. The van der Waals surface area contributed by atoms with Gasteiger partial charge in [0.15, 0.2) is 11.5 Å². The van der Waals surface area contributed by atoms with Gasteiger partial charge in [0.1, 0.15) is 0 Å². The lowest BCUT2D eigenvalue weighted by atomic mass is 10.0. The average molecular weight is 255 g/mol. The Morgan fingerprint density at radius 3 is 2.58 bits per heavy atom. The second-order valence-corrected chi connectivity index (χ2v) is 4.72. The fraction of sp³-hybridized carbons (Fsp3) is 0.250. The van der Waals surface area contributed by atoms with E-state index in [1.807, 2.05) is 6.07 Å². The first-order valence-electron chi connectivity index (χ1n) is 6.51. The highest BCUT2D eigenvalue weighted by Crippen LogP contribution is 2.33. The quantitative estimate of drug-likeness (QED) is 0.913. The summed E-state index contributed by atoms with van der Waals surface area (Å²) in [6.45, 7) is 1.01. The molecular formula is C16H17NO2. The molecule has 0 aromatic heterocycles. The maximum Gasteiger partial charge on any atom is 0.231 e. The van der Waals surface area contributed by atoms with Crippen LogP contribution in [0.3, 0.4) is 0 Å². The average Bonchev–Trinajstić information content (AvgIpc) is 2.87.